The number of esters is 1. The molecule has 0 aliphatic carbocycles. The first-order chi connectivity index (χ1) is 5.16. The van der Waals surface area contributed by atoms with E-state index in [0.29, 0.717) is 11.9 Å². The van der Waals surface area contributed by atoms with Crippen LogP contribution in [0.3, 0.4) is 0 Å². The van der Waals surface area contributed by atoms with Crippen LogP contribution < -0.4 is 0 Å². The van der Waals surface area contributed by atoms with Crippen LogP contribution in [0.1, 0.15) is 13.8 Å². The molecule has 0 unspecified atom stereocenters. The first-order valence-electron chi connectivity index (χ1n) is 3.57. The van der Waals surface area contributed by atoms with Crippen LogP contribution in [0, 0.1) is 0 Å². The second kappa shape index (κ2) is 6.28. The maximum atomic E-state index is 10.5. The van der Waals surface area contributed by atoms with E-state index >= 15 is 0 Å². The minimum atomic E-state index is -0.339. The van der Waals surface area contributed by atoms with Crippen molar-refractivity contribution in [3.63, 3.8) is 0 Å². The maximum absolute atomic E-state index is 10.5. The van der Waals surface area contributed by atoms with Gasteiger partial charge in [-0.15, -0.1) is 0 Å². The Hall–Kier alpha value is -0.440. The van der Waals surface area contributed by atoms with Gasteiger partial charge in [-0.2, -0.15) is 11.8 Å². The molecule has 0 saturated heterocycles. The third-order valence-electron chi connectivity index (χ3n) is 0.946. The molecule has 64 valence electrons. The van der Waals surface area contributed by atoms with Gasteiger partial charge in [0.25, 0.3) is 0 Å². The van der Waals surface area contributed by atoms with Gasteiger partial charge in [-0.3, -0.25) is 0 Å². The highest BCUT2D eigenvalue weighted by Crippen LogP contribution is 2.07. The predicted octanol–water partition coefficient (Wildman–Crippen LogP) is 1.86. The molecule has 0 amide bonds. The smallest absolute Gasteiger partial charge is 0.330 e. The van der Waals surface area contributed by atoms with Gasteiger partial charge in [-0.1, -0.05) is 20.4 Å². The standard InChI is InChI=1S/C8H14O2S/c1-4-8(9)10-5-6-11-7(2)3/h4,7H,1,5-6H2,2-3H3. The summed E-state index contributed by atoms with van der Waals surface area (Å²) in [5.74, 6) is 0.520. The molecule has 0 atom stereocenters. The van der Waals surface area contributed by atoms with Gasteiger partial charge in [0, 0.05) is 11.8 Å². The van der Waals surface area contributed by atoms with Gasteiger partial charge >= 0.3 is 5.97 Å². The fraction of sp³-hybridized carbons (Fsp3) is 0.625. The second-order valence-corrected chi connectivity index (χ2v) is 3.98. The molecule has 0 aromatic carbocycles. The lowest BCUT2D eigenvalue weighted by atomic mass is 10.6. The Morgan fingerprint density at radius 2 is 2.36 bits per heavy atom. The van der Waals surface area contributed by atoms with Crippen LogP contribution in [0.4, 0.5) is 0 Å². The van der Waals surface area contributed by atoms with E-state index in [1.165, 1.54) is 6.08 Å². The summed E-state index contributed by atoms with van der Waals surface area (Å²) >= 11 is 1.77. The molecular formula is C8H14O2S. The van der Waals surface area contributed by atoms with Crippen LogP contribution in [-0.2, 0) is 9.53 Å². The summed E-state index contributed by atoms with van der Waals surface area (Å²) in [6.45, 7) is 8.00. The molecule has 0 aliphatic heterocycles. The molecule has 0 heterocycles. The second-order valence-electron chi connectivity index (χ2n) is 2.29. The molecule has 2 nitrogen and oxygen atoms in total. The fourth-order valence-corrected chi connectivity index (χ4v) is 1.14. The third kappa shape index (κ3) is 7.46. The van der Waals surface area contributed by atoms with Gasteiger partial charge in [-0.05, 0) is 5.25 Å². The molecule has 0 aliphatic rings. The van der Waals surface area contributed by atoms with E-state index in [-0.39, 0.29) is 5.97 Å². The van der Waals surface area contributed by atoms with Crippen LogP contribution in [0.2, 0.25) is 0 Å². The van der Waals surface area contributed by atoms with Crippen molar-refractivity contribution in [3.8, 4) is 0 Å². The maximum Gasteiger partial charge on any atom is 0.330 e. The Morgan fingerprint density at radius 3 is 2.82 bits per heavy atom. The predicted molar refractivity (Wildman–Crippen MR) is 48.8 cm³/mol. The van der Waals surface area contributed by atoms with Crippen LogP contribution in [0.5, 0.6) is 0 Å². The van der Waals surface area contributed by atoms with Crippen molar-refractivity contribution in [1.29, 1.82) is 0 Å². The normalized spacial score (nSPS) is 9.73. The van der Waals surface area contributed by atoms with Crippen molar-refractivity contribution in [2.24, 2.45) is 0 Å². The molecule has 0 aromatic rings. The topological polar surface area (TPSA) is 26.3 Å². The van der Waals surface area contributed by atoms with Crippen LogP contribution >= 0.6 is 11.8 Å². The zero-order valence-electron chi connectivity index (χ0n) is 7.00. The monoisotopic (exact) mass is 174 g/mol. The summed E-state index contributed by atoms with van der Waals surface area (Å²) in [6.07, 6.45) is 1.18. The van der Waals surface area contributed by atoms with Crippen LogP contribution in [0.15, 0.2) is 12.7 Å². The van der Waals surface area contributed by atoms with Crippen molar-refractivity contribution >= 4 is 17.7 Å². The molecule has 0 saturated carbocycles. The first kappa shape index (κ1) is 10.6. The Labute approximate surface area is 72.0 Å². The molecule has 0 N–H and O–H groups in total. The highest BCUT2D eigenvalue weighted by molar-refractivity contribution is 7.99. The number of hydrogen-bond donors (Lipinski definition) is 0. The zero-order valence-corrected chi connectivity index (χ0v) is 7.82. The van der Waals surface area contributed by atoms with Gasteiger partial charge in [0.1, 0.15) is 6.61 Å². The summed E-state index contributed by atoms with van der Waals surface area (Å²) in [4.78, 5) is 10.5. The third-order valence-corrected chi connectivity index (χ3v) is 2.01. The van der Waals surface area contributed by atoms with E-state index in [4.69, 9.17) is 4.74 Å². The first-order valence-corrected chi connectivity index (χ1v) is 4.62. The number of ether oxygens (including phenoxy) is 1. The van der Waals surface area contributed by atoms with Crippen molar-refractivity contribution in [1.82, 2.24) is 0 Å². The Bertz CT molecular complexity index is 132. The molecule has 3 heteroatoms. The lowest BCUT2D eigenvalue weighted by Gasteiger charge is -2.03. The van der Waals surface area contributed by atoms with Gasteiger partial charge < -0.3 is 4.74 Å². The van der Waals surface area contributed by atoms with E-state index in [9.17, 15) is 4.79 Å². The lowest BCUT2D eigenvalue weighted by Crippen LogP contribution is -2.05. The van der Waals surface area contributed by atoms with Crippen molar-refractivity contribution < 1.29 is 9.53 Å². The number of thioether (sulfide) groups is 1. The molecule has 0 radical (unpaired) electrons. The zero-order chi connectivity index (χ0) is 8.69. The van der Waals surface area contributed by atoms with Crippen molar-refractivity contribution in [3.05, 3.63) is 12.7 Å². The Kier molecular flexibility index (Phi) is 6.03. The number of carbonyl (C=O) groups excluding carboxylic acids is 1. The van der Waals surface area contributed by atoms with Gasteiger partial charge in [0.2, 0.25) is 0 Å². The largest absolute Gasteiger partial charge is 0.462 e. The SMILES string of the molecule is C=CC(=O)OCCSC(C)C. The Morgan fingerprint density at radius 1 is 1.73 bits per heavy atom. The van der Waals surface area contributed by atoms with Gasteiger partial charge in [0.15, 0.2) is 0 Å². The molecule has 0 bridgehead atoms. The van der Waals surface area contributed by atoms with Gasteiger partial charge in [0.05, 0.1) is 0 Å². The highest BCUT2D eigenvalue weighted by Gasteiger charge is 1.96. The molecule has 0 rings (SSSR count). The average molecular weight is 174 g/mol. The minimum Gasteiger partial charge on any atom is -0.462 e. The van der Waals surface area contributed by atoms with Crippen LogP contribution in [0.25, 0.3) is 0 Å². The number of carbonyl (C=O) groups is 1. The number of hydrogen-bond acceptors (Lipinski definition) is 3. The van der Waals surface area contributed by atoms with E-state index in [1.54, 1.807) is 11.8 Å². The van der Waals surface area contributed by atoms with Crippen molar-refractivity contribution in [2.75, 3.05) is 12.4 Å². The number of rotatable bonds is 5. The summed E-state index contributed by atoms with van der Waals surface area (Å²) in [5, 5.41) is 0.595. The Balaban J connectivity index is 3.14. The quantitative estimate of drug-likeness (QED) is 0.361. The van der Waals surface area contributed by atoms with E-state index in [0.717, 1.165) is 5.75 Å². The summed E-state index contributed by atoms with van der Waals surface area (Å²) in [7, 11) is 0. The van der Waals surface area contributed by atoms with Crippen LogP contribution in [-0.4, -0.2) is 23.6 Å². The fourth-order valence-electron chi connectivity index (χ4n) is 0.485. The molecule has 11 heavy (non-hydrogen) atoms. The van der Waals surface area contributed by atoms with E-state index < -0.39 is 0 Å². The molecule has 0 aromatic heterocycles. The van der Waals surface area contributed by atoms with Crippen molar-refractivity contribution in [2.45, 2.75) is 19.1 Å². The molecule has 0 spiro atoms. The minimum absolute atomic E-state index is 0.339. The summed E-state index contributed by atoms with van der Waals surface area (Å²) in [6, 6.07) is 0. The summed E-state index contributed by atoms with van der Waals surface area (Å²) in [5.41, 5.74) is 0. The molecule has 0 fully saturated rings. The molecular weight excluding hydrogens is 160 g/mol. The summed E-state index contributed by atoms with van der Waals surface area (Å²) < 4.78 is 4.76. The van der Waals surface area contributed by atoms with Gasteiger partial charge in [-0.25, -0.2) is 4.79 Å². The van der Waals surface area contributed by atoms with E-state index in [1.807, 2.05) is 0 Å². The van der Waals surface area contributed by atoms with E-state index in [2.05, 4.69) is 20.4 Å². The average Bonchev–Trinajstić information content (AvgIpc) is 1.97. The lowest BCUT2D eigenvalue weighted by molar-refractivity contribution is -0.137. The highest BCUT2D eigenvalue weighted by atomic mass is 32.2.